The van der Waals surface area contributed by atoms with Crippen LogP contribution >= 0.6 is 0 Å². The lowest BCUT2D eigenvalue weighted by Crippen LogP contribution is -2.46. The number of hydrogen-bond donors (Lipinski definition) is 1. The number of sulfonamides is 1. The van der Waals surface area contributed by atoms with Gasteiger partial charge in [0.25, 0.3) is 0 Å². The second kappa shape index (κ2) is 5.02. The first-order valence-corrected chi connectivity index (χ1v) is 6.90. The lowest BCUT2D eigenvalue weighted by molar-refractivity contribution is 0.360. The number of halogens is 1. The van der Waals surface area contributed by atoms with Gasteiger partial charge in [-0.3, -0.25) is 0 Å². The highest BCUT2D eigenvalue weighted by molar-refractivity contribution is 7.89. The van der Waals surface area contributed by atoms with Crippen LogP contribution in [0.3, 0.4) is 0 Å². The molecule has 0 aliphatic carbocycles. The van der Waals surface area contributed by atoms with Gasteiger partial charge in [0, 0.05) is 26.2 Å². The second-order valence-electron chi connectivity index (χ2n) is 3.91. The molecule has 1 aromatic carbocycles. The van der Waals surface area contributed by atoms with Crippen molar-refractivity contribution in [2.45, 2.75) is 4.90 Å². The van der Waals surface area contributed by atoms with Crippen LogP contribution in [0.15, 0.2) is 23.1 Å². The molecule has 0 unspecified atom stereocenters. The maximum absolute atomic E-state index is 13.2. The molecule has 1 aromatic rings. The van der Waals surface area contributed by atoms with Crippen LogP contribution in [0, 0.1) is 17.1 Å². The summed E-state index contributed by atoms with van der Waals surface area (Å²) in [4.78, 5) is -0.257. The van der Waals surface area contributed by atoms with E-state index in [1.54, 1.807) is 6.07 Å². The highest BCUT2D eigenvalue weighted by atomic mass is 32.2. The first-order chi connectivity index (χ1) is 8.55. The van der Waals surface area contributed by atoms with Crippen molar-refractivity contribution in [2.75, 3.05) is 26.2 Å². The van der Waals surface area contributed by atoms with Gasteiger partial charge < -0.3 is 5.32 Å². The van der Waals surface area contributed by atoms with Gasteiger partial charge in [-0.05, 0) is 18.2 Å². The van der Waals surface area contributed by atoms with Crippen LogP contribution in [0.25, 0.3) is 0 Å². The summed E-state index contributed by atoms with van der Waals surface area (Å²) in [5, 5.41) is 11.9. The van der Waals surface area contributed by atoms with Gasteiger partial charge in [0.05, 0.1) is 5.56 Å². The van der Waals surface area contributed by atoms with Crippen LogP contribution in [0.4, 0.5) is 4.39 Å². The highest BCUT2D eigenvalue weighted by Gasteiger charge is 2.28. The van der Waals surface area contributed by atoms with E-state index in [1.807, 2.05) is 0 Å². The zero-order chi connectivity index (χ0) is 13.2. The summed E-state index contributed by atoms with van der Waals surface area (Å²) >= 11 is 0. The van der Waals surface area contributed by atoms with Crippen LogP contribution in [0.1, 0.15) is 5.56 Å². The zero-order valence-corrected chi connectivity index (χ0v) is 10.4. The standard InChI is InChI=1S/C11H12FN3O2S/c12-10-2-1-9(8-13)11(7-10)18(16,17)15-5-3-14-4-6-15/h1-2,7,14H,3-6H2. The fourth-order valence-corrected chi connectivity index (χ4v) is 3.42. The molecule has 0 aromatic heterocycles. The van der Waals surface area contributed by atoms with Gasteiger partial charge in [-0.25, -0.2) is 12.8 Å². The number of rotatable bonds is 2. The SMILES string of the molecule is N#Cc1ccc(F)cc1S(=O)(=O)N1CCNCC1. The van der Waals surface area contributed by atoms with E-state index in [9.17, 15) is 12.8 Å². The average molecular weight is 269 g/mol. The van der Waals surface area contributed by atoms with E-state index in [1.165, 1.54) is 10.4 Å². The topological polar surface area (TPSA) is 73.2 Å². The van der Waals surface area contributed by atoms with E-state index in [2.05, 4.69) is 5.32 Å². The van der Waals surface area contributed by atoms with E-state index >= 15 is 0 Å². The Bertz CT molecular complexity index is 589. The van der Waals surface area contributed by atoms with Crippen LogP contribution in [0.5, 0.6) is 0 Å². The molecule has 2 rings (SSSR count). The molecule has 0 atom stereocenters. The molecule has 18 heavy (non-hydrogen) atoms. The highest BCUT2D eigenvalue weighted by Crippen LogP contribution is 2.21. The molecule has 7 heteroatoms. The smallest absolute Gasteiger partial charge is 0.244 e. The monoisotopic (exact) mass is 269 g/mol. The zero-order valence-electron chi connectivity index (χ0n) is 9.56. The molecule has 1 aliphatic heterocycles. The van der Waals surface area contributed by atoms with Gasteiger partial charge in [0.1, 0.15) is 16.8 Å². The molecule has 5 nitrogen and oxygen atoms in total. The maximum Gasteiger partial charge on any atom is 0.244 e. The predicted octanol–water partition coefficient (Wildman–Crippen LogP) is 0.291. The molecule has 0 amide bonds. The predicted molar refractivity (Wildman–Crippen MR) is 62.7 cm³/mol. The molecule has 1 aliphatic rings. The van der Waals surface area contributed by atoms with E-state index in [0.717, 1.165) is 12.1 Å². The Labute approximate surface area is 105 Å². The lowest BCUT2D eigenvalue weighted by Gasteiger charge is -2.26. The van der Waals surface area contributed by atoms with Gasteiger partial charge in [0.2, 0.25) is 10.0 Å². The fraction of sp³-hybridized carbons (Fsp3) is 0.364. The molecule has 96 valence electrons. The van der Waals surface area contributed by atoms with Crippen molar-refractivity contribution in [3.8, 4) is 6.07 Å². The molecule has 1 heterocycles. The first-order valence-electron chi connectivity index (χ1n) is 5.46. The number of hydrogen-bond acceptors (Lipinski definition) is 4. The molecule has 0 bridgehead atoms. The summed E-state index contributed by atoms with van der Waals surface area (Å²) in [6.07, 6.45) is 0. The summed E-state index contributed by atoms with van der Waals surface area (Å²) in [7, 11) is -3.80. The average Bonchev–Trinajstić information content (AvgIpc) is 2.39. The Morgan fingerprint density at radius 2 is 2.00 bits per heavy atom. The van der Waals surface area contributed by atoms with Crippen LogP contribution in [0.2, 0.25) is 0 Å². The van der Waals surface area contributed by atoms with Crippen molar-refractivity contribution in [3.05, 3.63) is 29.6 Å². The van der Waals surface area contributed by atoms with Gasteiger partial charge >= 0.3 is 0 Å². The quantitative estimate of drug-likeness (QED) is 0.837. The molecular formula is C11H12FN3O2S. The molecule has 0 radical (unpaired) electrons. The number of nitrogens with one attached hydrogen (secondary N) is 1. The van der Waals surface area contributed by atoms with E-state index in [-0.39, 0.29) is 10.5 Å². The Balaban J connectivity index is 2.46. The minimum Gasteiger partial charge on any atom is -0.314 e. The van der Waals surface area contributed by atoms with Gasteiger partial charge in [-0.2, -0.15) is 9.57 Å². The van der Waals surface area contributed by atoms with Crippen molar-refractivity contribution < 1.29 is 12.8 Å². The second-order valence-corrected chi connectivity index (χ2v) is 5.81. The van der Waals surface area contributed by atoms with Gasteiger partial charge in [-0.1, -0.05) is 0 Å². The number of nitrogens with zero attached hydrogens (tertiary/aromatic N) is 2. The van der Waals surface area contributed by atoms with E-state index < -0.39 is 15.8 Å². The molecule has 1 saturated heterocycles. The number of nitriles is 1. The number of piperazine rings is 1. The van der Waals surface area contributed by atoms with Crippen molar-refractivity contribution in [3.63, 3.8) is 0 Å². The molecular weight excluding hydrogens is 257 g/mol. The van der Waals surface area contributed by atoms with Crippen molar-refractivity contribution in [1.82, 2.24) is 9.62 Å². The van der Waals surface area contributed by atoms with Crippen LogP contribution in [-0.4, -0.2) is 38.9 Å². The molecule has 0 saturated carbocycles. The summed E-state index contributed by atoms with van der Waals surface area (Å²) in [6.45, 7) is 1.75. The van der Waals surface area contributed by atoms with Crippen LogP contribution < -0.4 is 5.32 Å². The Hall–Kier alpha value is -1.49. The van der Waals surface area contributed by atoms with Gasteiger partial charge in [-0.15, -0.1) is 0 Å². The first kappa shape index (κ1) is 13.0. The third-order valence-corrected chi connectivity index (χ3v) is 4.70. The van der Waals surface area contributed by atoms with Crippen molar-refractivity contribution in [2.24, 2.45) is 0 Å². The summed E-state index contributed by atoms with van der Waals surface area (Å²) < 4.78 is 39.0. The lowest BCUT2D eigenvalue weighted by atomic mass is 10.2. The molecule has 1 N–H and O–H groups in total. The Morgan fingerprint density at radius 1 is 1.33 bits per heavy atom. The Kier molecular flexibility index (Phi) is 3.61. The van der Waals surface area contributed by atoms with Crippen molar-refractivity contribution >= 4 is 10.0 Å². The molecule has 0 spiro atoms. The minimum atomic E-state index is -3.80. The number of benzene rings is 1. The third-order valence-electron chi connectivity index (χ3n) is 2.76. The van der Waals surface area contributed by atoms with Crippen molar-refractivity contribution in [1.29, 1.82) is 5.26 Å². The fourth-order valence-electron chi connectivity index (χ4n) is 1.83. The summed E-state index contributed by atoms with van der Waals surface area (Å²) in [5.41, 5.74) is -0.0325. The normalized spacial score (nSPS) is 17.3. The van der Waals surface area contributed by atoms with Crippen LogP contribution in [-0.2, 0) is 10.0 Å². The summed E-state index contributed by atoms with van der Waals surface area (Å²) in [5.74, 6) is -0.664. The van der Waals surface area contributed by atoms with E-state index in [0.29, 0.717) is 26.2 Å². The largest absolute Gasteiger partial charge is 0.314 e. The minimum absolute atomic E-state index is 0.0325. The third kappa shape index (κ3) is 2.36. The Morgan fingerprint density at radius 3 is 2.61 bits per heavy atom. The summed E-state index contributed by atoms with van der Waals surface area (Å²) in [6, 6.07) is 4.94. The molecule has 1 fully saturated rings. The van der Waals surface area contributed by atoms with Gasteiger partial charge in [0.15, 0.2) is 0 Å². The maximum atomic E-state index is 13.2. The van der Waals surface area contributed by atoms with E-state index in [4.69, 9.17) is 5.26 Å².